The van der Waals surface area contributed by atoms with Crippen LogP contribution in [-0.2, 0) is 48.5 Å². The summed E-state index contributed by atoms with van der Waals surface area (Å²) in [5.41, 5.74) is -1.66. The SMILES string of the molecule is C#COC(=O)c1nn(-c2cc(SOOO)ccc2S(=O)(=O)O)c(O)c1/C=C/C=C/C=C1/C(=O)N(c2cc(SOOO)ccc2S(=O)(=O)O)N=C1C. The van der Waals surface area contributed by atoms with Gasteiger partial charge in [-0.1, -0.05) is 34.7 Å². The molecular weight excluding hydrogens is 765 g/mol. The summed E-state index contributed by atoms with van der Waals surface area (Å²) in [4.78, 5) is 24.7. The van der Waals surface area contributed by atoms with Gasteiger partial charge in [-0.05, 0) is 55.5 Å². The van der Waals surface area contributed by atoms with Gasteiger partial charge in [-0.3, -0.25) is 13.9 Å². The van der Waals surface area contributed by atoms with Gasteiger partial charge < -0.3 is 9.84 Å². The number of rotatable bonds is 14. The van der Waals surface area contributed by atoms with Crippen LogP contribution < -0.4 is 5.01 Å². The molecule has 4 rings (SSSR count). The molecule has 0 radical (unpaired) electrons. The lowest BCUT2D eigenvalue weighted by molar-refractivity contribution is -0.432. The Morgan fingerprint density at radius 2 is 1.49 bits per heavy atom. The number of aromatic hydroxyl groups is 1. The van der Waals surface area contributed by atoms with Gasteiger partial charge in [0.05, 0.1) is 52.3 Å². The number of nitrogens with zero attached hydrogens (tertiary/aromatic N) is 4. The van der Waals surface area contributed by atoms with Crippen molar-refractivity contribution in [2.45, 2.75) is 26.5 Å². The molecule has 1 aliphatic heterocycles. The largest absolute Gasteiger partial charge is 0.493 e. The number of terminal acetylenes is 1. The monoisotopic (exact) mass is 784 g/mol. The van der Waals surface area contributed by atoms with E-state index in [9.17, 15) is 40.6 Å². The number of hydrogen-bond donors (Lipinski definition) is 5. The van der Waals surface area contributed by atoms with Crippen LogP contribution in [0.2, 0.25) is 0 Å². The maximum absolute atomic E-state index is 13.3. The summed E-state index contributed by atoms with van der Waals surface area (Å²) in [6.07, 6.45) is 13.0. The van der Waals surface area contributed by atoms with E-state index in [0.717, 1.165) is 36.4 Å². The number of amides is 1. The van der Waals surface area contributed by atoms with E-state index in [1.165, 1.54) is 37.3 Å². The number of anilines is 1. The zero-order chi connectivity index (χ0) is 37.5. The quantitative estimate of drug-likeness (QED) is 0.0228. The van der Waals surface area contributed by atoms with Crippen LogP contribution in [0.5, 0.6) is 5.88 Å². The van der Waals surface area contributed by atoms with E-state index in [-0.39, 0.29) is 32.3 Å². The molecule has 268 valence electrons. The van der Waals surface area contributed by atoms with Gasteiger partial charge in [0, 0.05) is 9.79 Å². The lowest BCUT2D eigenvalue weighted by Crippen LogP contribution is -2.23. The highest BCUT2D eigenvalue weighted by Gasteiger charge is 2.33. The van der Waals surface area contributed by atoms with Crippen molar-refractivity contribution in [1.29, 1.82) is 0 Å². The average Bonchev–Trinajstić information content (AvgIpc) is 3.55. The van der Waals surface area contributed by atoms with Gasteiger partial charge in [0.2, 0.25) is 5.88 Å². The Kier molecular flexibility index (Phi) is 12.5. The van der Waals surface area contributed by atoms with Gasteiger partial charge in [-0.25, -0.2) is 15.3 Å². The zero-order valence-corrected chi connectivity index (χ0v) is 28.3. The topological polar surface area (TPSA) is 283 Å². The lowest BCUT2D eigenvalue weighted by Gasteiger charge is -2.16. The van der Waals surface area contributed by atoms with Crippen molar-refractivity contribution in [3.8, 4) is 24.1 Å². The van der Waals surface area contributed by atoms with Crippen LogP contribution in [0.1, 0.15) is 23.0 Å². The van der Waals surface area contributed by atoms with Gasteiger partial charge in [-0.2, -0.15) is 36.7 Å². The Morgan fingerprint density at radius 3 is 2.04 bits per heavy atom. The molecule has 2 heterocycles. The number of benzene rings is 2. The summed E-state index contributed by atoms with van der Waals surface area (Å²) in [6.45, 7) is 1.44. The number of aromatic nitrogens is 2. The molecule has 0 spiro atoms. The fraction of sp³-hybridized carbons (Fsp3) is 0.0370. The van der Waals surface area contributed by atoms with Crippen molar-refractivity contribution >= 4 is 73.7 Å². The molecule has 0 fully saturated rings. The molecule has 1 aliphatic rings. The van der Waals surface area contributed by atoms with Crippen LogP contribution in [0.15, 0.2) is 91.0 Å². The predicted molar refractivity (Wildman–Crippen MR) is 174 cm³/mol. The molecule has 0 atom stereocenters. The van der Waals surface area contributed by atoms with Gasteiger partial charge >= 0.3 is 5.97 Å². The Balaban J connectivity index is 1.69. The van der Waals surface area contributed by atoms with Crippen LogP contribution in [0.3, 0.4) is 0 Å². The highest BCUT2D eigenvalue weighted by atomic mass is 32.2. The van der Waals surface area contributed by atoms with E-state index < -0.39 is 59.2 Å². The second-order valence-corrected chi connectivity index (χ2v) is 13.6. The molecule has 3 aromatic rings. The summed E-state index contributed by atoms with van der Waals surface area (Å²) < 4.78 is 81.4. The van der Waals surface area contributed by atoms with Crippen molar-refractivity contribution in [2.75, 3.05) is 5.01 Å². The fourth-order valence-electron chi connectivity index (χ4n) is 4.21. The minimum absolute atomic E-state index is 0.0195. The molecule has 20 nitrogen and oxygen atoms in total. The van der Waals surface area contributed by atoms with Crippen molar-refractivity contribution in [3.63, 3.8) is 0 Å². The zero-order valence-electron chi connectivity index (χ0n) is 25.1. The molecule has 1 aromatic heterocycles. The van der Waals surface area contributed by atoms with Crippen LogP contribution >= 0.6 is 24.1 Å². The standard InChI is InChI=1S/C27H20N4O16S4/c1-3-43-27(34)24-19(26(33)31(29-24)21-14-17(49-47-45-36)10-12-23(21)51(40,41)42)8-6-4-5-7-18-15(2)28-30(25(18)32)20-13-16(48-46-44-35)9-11-22(20)50(37,38)39/h1,4-14,33,35-36H,2H3,(H,37,38,39)(H,40,41,42)/b5-4+,8-6+,18-7+. The third kappa shape index (κ3) is 9.08. The van der Waals surface area contributed by atoms with Crippen LogP contribution in [0.4, 0.5) is 5.69 Å². The maximum atomic E-state index is 13.3. The Labute approximate surface area is 295 Å². The molecule has 51 heavy (non-hydrogen) atoms. The normalized spacial score (nSPS) is 14.5. The minimum atomic E-state index is -4.94. The summed E-state index contributed by atoms with van der Waals surface area (Å²) in [7, 11) is -9.78. The molecular formula is C27H20N4O16S4. The van der Waals surface area contributed by atoms with Crippen molar-refractivity contribution in [2.24, 2.45) is 5.10 Å². The number of hydrogen-bond acceptors (Lipinski definition) is 18. The number of carbonyl (C=O) groups excluding carboxylic acids is 2. The Morgan fingerprint density at radius 1 is 0.922 bits per heavy atom. The van der Waals surface area contributed by atoms with Crippen LogP contribution in [0.25, 0.3) is 11.8 Å². The number of carbonyl (C=O) groups is 2. The smallest absolute Gasteiger partial charge is 0.373 e. The molecule has 0 unspecified atom stereocenters. The van der Waals surface area contributed by atoms with Gasteiger partial charge in [-0.15, -0.1) is 8.67 Å². The second-order valence-electron chi connectivity index (χ2n) is 9.29. The first kappa shape index (κ1) is 38.9. The van der Waals surface area contributed by atoms with Crippen molar-refractivity contribution in [1.82, 2.24) is 9.78 Å². The van der Waals surface area contributed by atoms with Crippen molar-refractivity contribution < 1.29 is 74.6 Å². The number of esters is 1. The highest BCUT2D eigenvalue weighted by molar-refractivity contribution is 7.94. The van der Waals surface area contributed by atoms with Crippen LogP contribution in [-0.4, -0.2) is 68.9 Å². The highest BCUT2D eigenvalue weighted by Crippen LogP contribution is 2.35. The molecule has 0 saturated heterocycles. The molecule has 1 amide bonds. The first-order chi connectivity index (χ1) is 24.1. The van der Waals surface area contributed by atoms with E-state index in [1.807, 2.05) is 0 Å². The summed E-state index contributed by atoms with van der Waals surface area (Å²) in [5.74, 6) is -2.88. The molecule has 0 bridgehead atoms. The van der Waals surface area contributed by atoms with Crippen LogP contribution in [0, 0.1) is 12.5 Å². The van der Waals surface area contributed by atoms with E-state index in [0.29, 0.717) is 33.8 Å². The predicted octanol–water partition coefficient (Wildman–Crippen LogP) is 3.59. The third-order valence-corrected chi connectivity index (χ3v) is 9.20. The summed E-state index contributed by atoms with van der Waals surface area (Å²) >= 11 is 0.860. The molecule has 0 aliphatic carbocycles. The fourth-order valence-corrected chi connectivity index (χ4v) is 6.29. The summed E-state index contributed by atoms with van der Waals surface area (Å²) in [5, 5.41) is 43.6. The Hall–Kier alpha value is -4.88. The molecule has 0 saturated carbocycles. The van der Waals surface area contributed by atoms with Gasteiger partial charge in [0.25, 0.3) is 26.1 Å². The molecule has 5 N–H and O–H groups in total. The molecule has 24 heteroatoms. The second kappa shape index (κ2) is 16.4. The van der Waals surface area contributed by atoms with Crippen molar-refractivity contribution in [3.05, 3.63) is 77.5 Å². The van der Waals surface area contributed by atoms with Gasteiger partial charge in [0.1, 0.15) is 15.9 Å². The molecule has 2 aromatic carbocycles. The summed E-state index contributed by atoms with van der Waals surface area (Å²) in [6, 6.07) is 6.42. The van der Waals surface area contributed by atoms with E-state index >= 15 is 0 Å². The number of allylic oxidation sites excluding steroid dienone is 4. The first-order valence-corrected chi connectivity index (χ1v) is 17.5. The first-order valence-electron chi connectivity index (χ1n) is 13.1. The number of ether oxygens (including phenoxy) is 1. The maximum Gasteiger partial charge on any atom is 0.373 e. The van der Waals surface area contributed by atoms with Gasteiger partial charge in [0.15, 0.2) is 5.69 Å². The number of hydrazone groups is 1. The average molecular weight is 785 g/mol. The Bertz CT molecular complexity index is 2260. The van der Waals surface area contributed by atoms with E-state index in [4.69, 9.17) is 16.9 Å². The minimum Gasteiger partial charge on any atom is -0.493 e. The van der Waals surface area contributed by atoms with E-state index in [2.05, 4.69) is 33.7 Å². The third-order valence-electron chi connectivity index (χ3n) is 6.25. The van der Waals surface area contributed by atoms with E-state index in [1.54, 1.807) is 6.11 Å². The lowest BCUT2D eigenvalue weighted by atomic mass is 10.1.